The van der Waals surface area contributed by atoms with Gasteiger partial charge in [-0.1, -0.05) is 90.1 Å². The molecule has 5 heterocycles. The molecule has 0 saturated carbocycles. The number of H-pyrrole nitrogens is 1. The van der Waals surface area contributed by atoms with Crippen LogP contribution in [0.4, 0.5) is 0 Å². The van der Waals surface area contributed by atoms with E-state index in [0.717, 1.165) is 66.4 Å². The maximum absolute atomic E-state index is 12.2. The maximum Gasteiger partial charge on any atom is 0.134 e. The molecule has 1 aliphatic rings. The summed E-state index contributed by atoms with van der Waals surface area (Å²) in [6, 6.07) is 32.8. The summed E-state index contributed by atoms with van der Waals surface area (Å²) >= 11 is 0. The Morgan fingerprint density at radius 3 is 1.61 bits per heavy atom. The molecule has 12 bridgehead atoms. The Morgan fingerprint density at radius 1 is 0.519 bits per heavy atom. The van der Waals surface area contributed by atoms with Gasteiger partial charge >= 0.3 is 0 Å². The van der Waals surface area contributed by atoms with Gasteiger partial charge < -0.3 is 15.2 Å². The van der Waals surface area contributed by atoms with Gasteiger partial charge in [0, 0.05) is 48.9 Å². The molecule has 0 radical (unpaired) electrons. The molecule has 3 N–H and O–H groups in total. The Kier molecular flexibility index (Phi) is 7.38. The summed E-state index contributed by atoms with van der Waals surface area (Å²) in [6.45, 7) is 15.2. The molecule has 266 valence electrons. The van der Waals surface area contributed by atoms with Crippen LogP contribution in [0.3, 0.4) is 0 Å². The van der Waals surface area contributed by atoms with E-state index >= 15 is 0 Å². The Balaban J connectivity index is 1.56. The van der Waals surface area contributed by atoms with Crippen LogP contribution >= 0.6 is 0 Å². The topological polar surface area (TPSA) is 94.9 Å². The minimum Gasteiger partial charge on any atom is -0.507 e. The summed E-state index contributed by atoms with van der Waals surface area (Å²) in [4.78, 5) is 19.4. The van der Waals surface area contributed by atoms with Crippen molar-refractivity contribution in [3.63, 3.8) is 0 Å². The Bertz CT molecular complexity index is 3050. The Labute approximate surface area is 313 Å². The van der Waals surface area contributed by atoms with Gasteiger partial charge in [0.15, 0.2) is 0 Å². The van der Waals surface area contributed by atoms with Crippen molar-refractivity contribution in [2.75, 3.05) is 0 Å². The molecule has 0 aliphatic carbocycles. The molecule has 0 saturated heterocycles. The minimum absolute atomic E-state index is 0.126. The quantitative estimate of drug-likeness (QED) is 0.148. The summed E-state index contributed by atoms with van der Waals surface area (Å²) in [6.07, 6.45) is 4.01. The number of phenols is 2. The van der Waals surface area contributed by atoms with E-state index in [1.165, 1.54) is 0 Å². The van der Waals surface area contributed by atoms with Crippen molar-refractivity contribution in [1.29, 1.82) is 0 Å². The number of pyridine rings is 2. The van der Waals surface area contributed by atoms with Gasteiger partial charge in [0.1, 0.15) is 11.5 Å². The summed E-state index contributed by atoms with van der Waals surface area (Å²) < 4.78 is 0. The highest BCUT2D eigenvalue weighted by Crippen LogP contribution is 2.41. The number of rotatable bonds is 1. The molecule has 6 heteroatoms. The molecule has 4 aromatic heterocycles. The van der Waals surface area contributed by atoms with Gasteiger partial charge in [0.2, 0.25) is 0 Å². The lowest BCUT2D eigenvalue weighted by atomic mass is 9.85. The molecule has 6 nitrogen and oxygen atoms in total. The van der Waals surface area contributed by atoms with Crippen molar-refractivity contribution >= 4 is 77.6 Å². The average molecular weight is 707 g/mol. The average Bonchev–Trinajstić information content (AvgIpc) is 3.82. The summed E-state index contributed by atoms with van der Waals surface area (Å²) in [7, 11) is 0. The van der Waals surface area contributed by atoms with Crippen molar-refractivity contribution in [3.05, 3.63) is 125 Å². The van der Waals surface area contributed by atoms with Gasteiger partial charge in [-0.05, 0) is 101 Å². The summed E-state index contributed by atoms with van der Waals surface area (Å²) in [5, 5.41) is 28.8. The van der Waals surface area contributed by atoms with Crippen LogP contribution in [-0.2, 0) is 10.8 Å². The fraction of sp³-hybridized carbons (Fsp3) is 0.188. The van der Waals surface area contributed by atoms with Crippen molar-refractivity contribution in [1.82, 2.24) is 19.9 Å². The zero-order chi connectivity index (χ0) is 37.7. The first-order valence-corrected chi connectivity index (χ1v) is 18.5. The van der Waals surface area contributed by atoms with E-state index in [9.17, 15) is 10.2 Å². The van der Waals surface area contributed by atoms with E-state index in [-0.39, 0.29) is 22.3 Å². The number of benzene rings is 4. The maximum atomic E-state index is 12.2. The van der Waals surface area contributed by atoms with E-state index in [0.29, 0.717) is 38.3 Å². The van der Waals surface area contributed by atoms with E-state index in [2.05, 4.69) is 102 Å². The number of hydrogen-bond acceptors (Lipinski definition) is 5. The normalized spacial score (nSPS) is 12.8. The van der Waals surface area contributed by atoms with Crippen LogP contribution in [0.1, 0.15) is 69.6 Å². The lowest BCUT2D eigenvalue weighted by Crippen LogP contribution is -2.10. The smallest absolute Gasteiger partial charge is 0.134 e. The number of aromatic amines is 1. The number of aromatic hydroxyl groups is 2. The molecular formula is C48H42N4O2. The highest BCUT2D eigenvalue weighted by molar-refractivity contribution is 6.08. The van der Waals surface area contributed by atoms with Crippen molar-refractivity contribution in [2.45, 2.75) is 59.3 Å². The Morgan fingerprint density at radius 2 is 1.02 bits per heavy atom. The van der Waals surface area contributed by atoms with E-state index in [4.69, 9.17) is 15.0 Å². The van der Waals surface area contributed by atoms with E-state index in [1.807, 2.05) is 60.7 Å². The summed E-state index contributed by atoms with van der Waals surface area (Å²) in [5.74, 6) is 0.276. The number of phenolic OH excluding ortho intramolecular Hbond substituents is 2. The van der Waals surface area contributed by atoms with E-state index < -0.39 is 0 Å². The van der Waals surface area contributed by atoms with Gasteiger partial charge in [-0.3, -0.25) is 0 Å². The first kappa shape index (κ1) is 33.6. The van der Waals surface area contributed by atoms with Crippen LogP contribution in [0.25, 0.3) is 88.7 Å². The highest BCUT2D eigenvalue weighted by Gasteiger charge is 2.21. The fourth-order valence-electron chi connectivity index (χ4n) is 7.62. The van der Waals surface area contributed by atoms with Crippen LogP contribution in [0.15, 0.2) is 97.1 Å². The van der Waals surface area contributed by atoms with E-state index in [1.54, 1.807) is 0 Å². The lowest BCUT2D eigenvalue weighted by Gasteiger charge is -2.20. The number of fused-ring (bicyclic) bond motifs is 14. The van der Waals surface area contributed by atoms with Gasteiger partial charge in [-0.25, -0.2) is 15.0 Å². The molecule has 4 aromatic carbocycles. The van der Waals surface area contributed by atoms with Crippen molar-refractivity contribution in [2.24, 2.45) is 0 Å². The molecule has 8 aromatic rings. The van der Waals surface area contributed by atoms with Crippen LogP contribution in [0.5, 0.6) is 11.5 Å². The second kappa shape index (κ2) is 11.9. The molecule has 0 spiro atoms. The fourth-order valence-corrected chi connectivity index (χ4v) is 7.62. The molecule has 0 atom stereocenters. The van der Waals surface area contributed by atoms with Gasteiger partial charge in [0.05, 0.1) is 33.5 Å². The molecule has 0 unspecified atom stereocenters. The number of aryl methyl sites for hydroxylation is 1. The van der Waals surface area contributed by atoms with Gasteiger partial charge in [-0.2, -0.15) is 0 Å². The van der Waals surface area contributed by atoms with Crippen LogP contribution in [0.2, 0.25) is 0 Å². The monoisotopic (exact) mass is 706 g/mol. The van der Waals surface area contributed by atoms with Crippen molar-refractivity contribution < 1.29 is 10.2 Å². The zero-order valence-corrected chi connectivity index (χ0v) is 31.6. The third-order valence-electron chi connectivity index (χ3n) is 10.9. The van der Waals surface area contributed by atoms with Crippen LogP contribution in [0, 0.1) is 6.92 Å². The molecule has 54 heavy (non-hydrogen) atoms. The van der Waals surface area contributed by atoms with Gasteiger partial charge in [-0.15, -0.1) is 0 Å². The second-order valence-electron chi connectivity index (χ2n) is 16.6. The highest BCUT2D eigenvalue weighted by atomic mass is 16.3. The van der Waals surface area contributed by atoms with Crippen molar-refractivity contribution in [3.8, 4) is 22.6 Å². The number of nitrogens with one attached hydrogen (secondary N) is 1. The molecular weight excluding hydrogens is 665 g/mol. The third kappa shape index (κ3) is 5.44. The number of nitrogens with zero attached hydrogens (tertiary/aromatic N) is 3. The van der Waals surface area contributed by atoms with Gasteiger partial charge in [0.25, 0.3) is 0 Å². The number of hydrogen-bond donors (Lipinski definition) is 3. The largest absolute Gasteiger partial charge is 0.507 e. The minimum atomic E-state index is -0.220. The third-order valence-corrected chi connectivity index (χ3v) is 10.9. The standard InChI is InChI=1S/C48H42N4O2/c1-26-10-8-9-11-31(26)42-40-20-18-36(49-40)32-22-29(47(2,3)4)24-34(45(32)53)38-16-14-27-12-13-28-15-17-39(52-44(28)43(27)51-38)35-25-30(48(5,6)7)23-33(46(35)54)37-19-21-41(42)50-37/h8-25,49,53-54H,1-7H3. The first-order chi connectivity index (χ1) is 25.7. The second-order valence-corrected chi connectivity index (χ2v) is 16.6. The first-order valence-electron chi connectivity index (χ1n) is 18.5. The summed E-state index contributed by atoms with van der Waals surface area (Å²) in [5.41, 5.74) is 10.6. The predicted octanol–water partition coefficient (Wildman–Crippen LogP) is 12.3. The zero-order valence-electron chi connectivity index (χ0n) is 31.6. The molecule has 9 rings (SSSR count). The van der Waals surface area contributed by atoms with Crippen LogP contribution in [-0.4, -0.2) is 30.1 Å². The Hall–Kier alpha value is -6.27. The lowest BCUT2D eigenvalue weighted by molar-refractivity contribution is 0.486. The molecule has 0 fully saturated rings. The number of aromatic nitrogens is 4. The van der Waals surface area contributed by atoms with Crippen LogP contribution < -0.4 is 0 Å². The SMILES string of the molecule is Cc1ccccc1-c1c2nc(c3cc(C(C)(C)C)cc(c3O)c3ccc4ccc5ccc(nc5c4n3)c3cc(C(C)(C)C)cc(c3O)c3ccc1[nH]3)C=C2. The predicted molar refractivity (Wildman–Crippen MR) is 225 cm³/mol. The molecule has 1 aliphatic heterocycles. The molecule has 0 amide bonds.